The first-order valence-electron chi connectivity index (χ1n) is 12.5. The van der Waals surface area contributed by atoms with Gasteiger partial charge in [-0.25, -0.2) is 8.42 Å². The van der Waals surface area contributed by atoms with E-state index in [1.165, 1.54) is 22.3 Å². The molecule has 14 heteroatoms. The first-order chi connectivity index (χ1) is 18.2. The van der Waals surface area contributed by atoms with Crippen molar-refractivity contribution >= 4 is 62.0 Å². The van der Waals surface area contributed by atoms with E-state index in [1.54, 1.807) is 17.0 Å². The number of halogens is 1. The van der Waals surface area contributed by atoms with E-state index in [1.807, 2.05) is 13.0 Å². The largest absolute Gasteiger partial charge is 0.372 e. The lowest BCUT2D eigenvalue weighted by Gasteiger charge is -2.34. The first kappa shape index (κ1) is 29.0. The van der Waals surface area contributed by atoms with Gasteiger partial charge < -0.3 is 19.9 Å². The summed E-state index contributed by atoms with van der Waals surface area (Å²) in [6, 6.07) is 5.75. The van der Waals surface area contributed by atoms with E-state index < -0.39 is 22.0 Å². The number of ether oxygens (including phenoxy) is 1. The summed E-state index contributed by atoms with van der Waals surface area (Å²) in [7, 11) is -3.92. The van der Waals surface area contributed by atoms with Crippen molar-refractivity contribution in [2.75, 3.05) is 39.4 Å². The number of amides is 3. The smallest absolute Gasteiger partial charge is 0.250 e. The molecule has 4 rings (SSSR count). The van der Waals surface area contributed by atoms with Crippen molar-refractivity contribution in [3.05, 3.63) is 28.6 Å². The number of carbonyl (C=O) groups excluding carboxylic acids is 3. The van der Waals surface area contributed by atoms with E-state index in [9.17, 15) is 22.8 Å². The molecule has 4 heterocycles. The zero-order chi connectivity index (χ0) is 27.3. The van der Waals surface area contributed by atoms with Crippen molar-refractivity contribution in [3.8, 4) is 9.75 Å². The topological polar surface area (TPSA) is 125 Å². The molecular formula is C24H31ClN4O6S3. The molecule has 0 aromatic carbocycles. The molecular weight excluding hydrogens is 572 g/mol. The summed E-state index contributed by atoms with van der Waals surface area (Å²) in [5.74, 6) is -0.846. The number of nitrogens with one attached hydrogen (secondary N) is 2. The zero-order valence-electron chi connectivity index (χ0n) is 21.0. The SMILES string of the molecule is CCOCC(=O)NC[C@@H]1CCCN1C(=O)CN1CCC[C@H](NS(=O)(=O)c2ccc(-c3ccc(Cl)s3)s2)C1=O. The summed E-state index contributed by atoms with van der Waals surface area (Å²) >= 11 is 8.47. The zero-order valence-corrected chi connectivity index (χ0v) is 24.2. The molecule has 2 saturated heterocycles. The van der Waals surface area contributed by atoms with Crippen LogP contribution in [0.2, 0.25) is 4.34 Å². The Morgan fingerprint density at radius 2 is 1.84 bits per heavy atom. The Labute approximate surface area is 235 Å². The first-order valence-corrected chi connectivity index (χ1v) is 16.0. The Hall–Kier alpha value is -2.03. The minimum Gasteiger partial charge on any atom is -0.372 e. The average molecular weight is 603 g/mol. The van der Waals surface area contributed by atoms with Crippen LogP contribution >= 0.6 is 34.3 Å². The van der Waals surface area contributed by atoms with Crippen LogP contribution in [0.4, 0.5) is 0 Å². The molecule has 2 aromatic rings. The van der Waals surface area contributed by atoms with Crippen LogP contribution < -0.4 is 10.0 Å². The monoisotopic (exact) mass is 602 g/mol. The van der Waals surface area contributed by atoms with Crippen LogP contribution in [-0.4, -0.2) is 87.4 Å². The second-order valence-electron chi connectivity index (χ2n) is 9.12. The van der Waals surface area contributed by atoms with Gasteiger partial charge in [0.2, 0.25) is 17.7 Å². The van der Waals surface area contributed by atoms with Gasteiger partial charge in [-0.05, 0) is 56.9 Å². The molecule has 0 aliphatic carbocycles. The van der Waals surface area contributed by atoms with Crippen LogP contribution in [0, 0.1) is 0 Å². The van der Waals surface area contributed by atoms with Gasteiger partial charge in [0.1, 0.15) is 16.9 Å². The normalized spacial score (nSPS) is 20.2. The molecule has 0 radical (unpaired) electrons. The average Bonchev–Trinajstić information content (AvgIpc) is 3.64. The van der Waals surface area contributed by atoms with Gasteiger partial charge in [-0.3, -0.25) is 14.4 Å². The quantitative estimate of drug-likeness (QED) is 0.407. The third kappa shape index (κ3) is 7.13. The lowest BCUT2D eigenvalue weighted by Crippen LogP contribution is -2.55. The maximum atomic E-state index is 13.2. The van der Waals surface area contributed by atoms with E-state index in [0.717, 1.165) is 33.9 Å². The van der Waals surface area contributed by atoms with E-state index in [4.69, 9.17) is 16.3 Å². The predicted molar refractivity (Wildman–Crippen MR) is 147 cm³/mol. The second-order valence-corrected chi connectivity index (χ2v) is 13.9. The van der Waals surface area contributed by atoms with Gasteiger partial charge in [0.25, 0.3) is 10.0 Å². The van der Waals surface area contributed by atoms with E-state index >= 15 is 0 Å². The third-order valence-corrected chi connectivity index (χ3v) is 11.0. The molecule has 0 bridgehead atoms. The van der Waals surface area contributed by atoms with Gasteiger partial charge in [-0.15, -0.1) is 22.7 Å². The van der Waals surface area contributed by atoms with Crippen molar-refractivity contribution in [1.29, 1.82) is 0 Å². The van der Waals surface area contributed by atoms with Gasteiger partial charge in [0.05, 0.1) is 10.9 Å². The minimum atomic E-state index is -3.92. The number of likely N-dealkylation sites (tertiary alicyclic amines) is 2. The highest BCUT2D eigenvalue weighted by Gasteiger charge is 2.36. The summed E-state index contributed by atoms with van der Waals surface area (Å²) in [6.07, 6.45) is 2.51. The van der Waals surface area contributed by atoms with Gasteiger partial charge in [0.15, 0.2) is 0 Å². The highest BCUT2D eigenvalue weighted by molar-refractivity contribution is 7.91. The molecule has 0 saturated carbocycles. The maximum absolute atomic E-state index is 13.2. The summed E-state index contributed by atoms with van der Waals surface area (Å²) in [5, 5.41) is 2.80. The Morgan fingerprint density at radius 1 is 1.11 bits per heavy atom. The maximum Gasteiger partial charge on any atom is 0.250 e. The molecule has 2 fully saturated rings. The summed E-state index contributed by atoms with van der Waals surface area (Å²) in [5.41, 5.74) is 0. The highest BCUT2D eigenvalue weighted by atomic mass is 35.5. The van der Waals surface area contributed by atoms with E-state index in [0.29, 0.717) is 43.4 Å². The summed E-state index contributed by atoms with van der Waals surface area (Å²) < 4.78 is 34.5. The fourth-order valence-corrected chi connectivity index (χ4v) is 8.28. The molecule has 2 aromatic heterocycles. The fourth-order valence-electron chi connectivity index (χ4n) is 4.60. The Bertz CT molecular complexity index is 1260. The van der Waals surface area contributed by atoms with Crippen LogP contribution in [0.1, 0.15) is 32.6 Å². The van der Waals surface area contributed by atoms with Crippen molar-refractivity contribution < 1.29 is 27.5 Å². The number of sulfonamides is 1. The molecule has 2 atom stereocenters. The van der Waals surface area contributed by atoms with Crippen LogP contribution in [0.15, 0.2) is 28.5 Å². The lowest BCUT2D eigenvalue weighted by molar-refractivity contribution is -0.143. The highest BCUT2D eigenvalue weighted by Crippen LogP contribution is 2.37. The number of rotatable bonds is 11. The van der Waals surface area contributed by atoms with Crippen molar-refractivity contribution in [1.82, 2.24) is 19.8 Å². The molecule has 10 nitrogen and oxygen atoms in total. The van der Waals surface area contributed by atoms with Crippen molar-refractivity contribution in [2.45, 2.75) is 48.9 Å². The molecule has 2 N–H and O–H groups in total. The van der Waals surface area contributed by atoms with Gasteiger partial charge in [-0.1, -0.05) is 11.6 Å². The van der Waals surface area contributed by atoms with Gasteiger partial charge in [0, 0.05) is 42.0 Å². The lowest BCUT2D eigenvalue weighted by atomic mass is 10.1. The number of carbonyl (C=O) groups is 3. The third-order valence-electron chi connectivity index (χ3n) is 6.49. The van der Waals surface area contributed by atoms with E-state index in [2.05, 4.69) is 10.0 Å². The number of thiophene rings is 2. The number of hydrogen-bond donors (Lipinski definition) is 2. The molecule has 0 spiro atoms. The van der Waals surface area contributed by atoms with E-state index in [-0.39, 0.29) is 35.2 Å². The minimum absolute atomic E-state index is 0.0219. The molecule has 2 aliphatic heterocycles. The summed E-state index contributed by atoms with van der Waals surface area (Å²) in [4.78, 5) is 42.9. The van der Waals surface area contributed by atoms with Crippen LogP contribution in [-0.2, 0) is 29.1 Å². The summed E-state index contributed by atoms with van der Waals surface area (Å²) in [6.45, 7) is 3.38. The molecule has 0 unspecified atom stereocenters. The molecule has 2 aliphatic rings. The fraction of sp³-hybridized carbons (Fsp3) is 0.542. The number of hydrogen-bond acceptors (Lipinski definition) is 8. The van der Waals surface area contributed by atoms with Crippen LogP contribution in [0.25, 0.3) is 9.75 Å². The second kappa shape index (κ2) is 12.9. The Kier molecular flexibility index (Phi) is 9.82. The Balaban J connectivity index is 1.34. The molecule has 38 heavy (non-hydrogen) atoms. The molecule has 208 valence electrons. The van der Waals surface area contributed by atoms with Gasteiger partial charge in [-0.2, -0.15) is 4.72 Å². The Morgan fingerprint density at radius 3 is 2.58 bits per heavy atom. The standard InChI is InChI=1S/C24H31ClN4O6S3/c1-2-35-15-21(30)26-13-16-5-3-12-29(16)22(31)14-28-11-4-6-17(24(28)32)27-38(33,34)23-10-8-19(37-23)18-7-9-20(25)36-18/h7-10,16-17,27H,2-6,11-15H2,1H3,(H,26,30)/t16-,17-/m0/s1. The van der Waals surface area contributed by atoms with Crippen molar-refractivity contribution in [3.63, 3.8) is 0 Å². The number of piperidine rings is 1. The van der Waals surface area contributed by atoms with Crippen LogP contribution in [0.3, 0.4) is 0 Å². The predicted octanol–water partition coefficient (Wildman–Crippen LogP) is 2.54. The van der Waals surface area contributed by atoms with Crippen LogP contribution in [0.5, 0.6) is 0 Å². The molecule has 3 amide bonds. The number of nitrogens with zero attached hydrogens (tertiary/aromatic N) is 2. The van der Waals surface area contributed by atoms with Gasteiger partial charge >= 0.3 is 0 Å². The van der Waals surface area contributed by atoms with Crippen molar-refractivity contribution in [2.24, 2.45) is 0 Å².